The fourth-order valence-electron chi connectivity index (χ4n) is 3.49. The van der Waals surface area contributed by atoms with Crippen LogP contribution in [-0.4, -0.2) is 42.9 Å². The molecule has 0 aromatic carbocycles. The average molecular weight is 327 g/mol. The van der Waals surface area contributed by atoms with Crippen molar-refractivity contribution in [1.82, 2.24) is 14.8 Å². The lowest BCUT2D eigenvalue weighted by atomic mass is 10.1. The maximum absolute atomic E-state index is 12.6. The molecule has 0 spiro atoms. The Bertz CT molecular complexity index is 593. The molecule has 2 heterocycles. The van der Waals surface area contributed by atoms with E-state index in [-0.39, 0.29) is 11.3 Å². The smallest absolute Gasteiger partial charge is 0.215 e. The molecule has 1 atom stereocenters. The molecule has 1 aliphatic carbocycles. The highest BCUT2D eigenvalue weighted by atomic mass is 32.2. The summed E-state index contributed by atoms with van der Waals surface area (Å²) in [7, 11) is -3.22. The molecule has 6 nitrogen and oxygen atoms in total. The monoisotopic (exact) mass is 327 g/mol. The SMILES string of the molecule is Cc1cc(CN2CCC[C@H](S(=O)(=O)NC3CCCC3)C2)on1. The van der Waals surface area contributed by atoms with Crippen molar-refractivity contribution in [3.8, 4) is 0 Å². The van der Waals surface area contributed by atoms with E-state index in [2.05, 4.69) is 14.8 Å². The predicted octanol–water partition coefficient (Wildman–Crippen LogP) is 1.81. The zero-order valence-corrected chi connectivity index (χ0v) is 13.9. The fraction of sp³-hybridized carbons (Fsp3) is 0.800. The molecule has 7 heteroatoms. The normalized spacial score (nSPS) is 24.9. The van der Waals surface area contributed by atoms with Crippen molar-refractivity contribution in [2.75, 3.05) is 13.1 Å². The predicted molar refractivity (Wildman–Crippen MR) is 83.9 cm³/mol. The molecular formula is C15H25N3O3S. The molecule has 1 saturated heterocycles. The zero-order valence-electron chi connectivity index (χ0n) is 13.1. The fourth-order valence-corrected chi connectivity index (χ4v) is 5.27. The van der Waals surface area contributed by atoms with Gasteiger partial charge in [0.15, 0.2) is 5.76 Å². The third kappa shape index (κ3) is 3.88. The summed E-state index contributed by atoms with van der Waals surface area (Å²) in [6, 6.07) is 2.06. The topological polar surface area (TPSA) is 75.4 Å². The first-order chi connectivity index (χ1) is 10.5. The van der Waals surface area contributed by atoms with Crippen LogP contribution in [0.2, 0.25) is 0 Å². The van der Waals surface area contributed by atoms with Gasteiger partial charge in [0.25, 0.3) is 0 Å². The molecular weight excluding hydrogens is 302 g/mol. The quantitative estimate of drug-likeness (QED) is 0.892. The van der Waals surface area contributed by atoms with Crippen molar-refractivity contribution in [3.63, 3.8) is 0 Å². The molecule has 2 aliphatic rings. The van der Waals surface area contributed by atoms with Crippen LogP contribution in [0.1, 0.15) is 50.0 Å². The van der Waals surface area contributed by atoms with Crippen LogP contribution in [-0.2, 0) is 16.6 Å². The lowest BCUT2D eigenvalue weighted by Gasteiger charge is -2.32. The standard InChI is InChI=1S/C15H25N3O3S/c1-12-9-14(21-16-12)10-18-8-4-7-15(11-18)22(19,20)17-13-5-2-3-6-13/h9,13,15,17H,2-8,10-11H2,1H3/t15-/m0/s1. The van der Waals surface area contributed by atoms with Crippen LogP contribution in [0.4, 0.5) is 0 Å². The first-order valence-corrected chi connectivity index (χ1v) is 9.73. The summed E-state index contributed by atoms with van der Waals surface area (Å²) >= 11 is 0. The number of sulfonamides is 1. The van der Waals surface area contributed by atoms with E-state index in [0.29, 0.717) is 13.1 Å². The molecule has 124 valence electrons. The number of aryl methyl sites for hydroxylation is 1. The number of nitrogens with one attached hydrogen (secondary N) is 1. The molecule has 1 aliphatic heterocycles. The van der Waals surface area contributed by atoms with E-state index >= 15 is 0 Å². The van der Waals surface area contributed by atoms with Gasteiger partial charge in [0, 0.05) is 18.7 Å². The Labute approximate surface area is 132 Å². The van der Waals surface area contributed by atoms with Gasteiger partial charge in [-0.3, -0.25) is 4.90 Å². The van der Waals surface area contributed by atoms with Crippen LogP contribution < -0.4 is 4.72 Å². The summed E-state index contributed by atoms with van der Waals surface area (Å²) in [4.78, 5) is 2.15. The zero-order chi connectivity index (χ0) is 15.6. The highest BCUT2D eigenvalue weighted by Crippen LogP contribution is 2.23. The first kappa shape index (κ1) is 16.0. The number of nitrogens with zero attached hydrogens (tertiary/aromatic N) is 2. The van der Waals surface area contributed by atoms with Crippen LogP contribution in [0.3, 0.4) is 0 Å². The molecule has 1 saturated carbocycles. The van der Waals surface area contributed by atoms with E-state index in [4.69, 9.17) is 4.52 Å². The van der Waals surface area contributed by atoms with Crippen molar-refractivity contribution in [1.29, 1.82) is 0 Å². The Morgan fingerprint density at radius 1 is 1.32 bits per heavy atom. The number of hydrogen-bond acceptors (Lipinski definition) is 5. The van der Waals surface area contributed by atoms with Crippen LogP contribution >= 0.6 is 0 Å². The van der Waals surface area contributed by atoms with E-state index in [1.165, 1.54) is 0 Å². The summed E-state index contributed by atoms with van der Waals surface area (Å²) in [5.41, 5.74) is 0.860. The third-order valence-corrected chi connectivity index (χ3v) is 6.57. The van der Waals surface area contributed by atoms with Gasteiger partial charge in [-0.05, 0) is 39.2 Å². The molecule has 3 rings (SSSR count). The van der Waals surface area contributed by atoms with Crippen LogP contribution in [0.15, 0.2) is 10.6 Å². The van der Waals surface area contributed by atoms with Gasteiger partial charge in [-0.2, -0.15) is 0 Å². The Balaban J connectivity index is 1.59. The van der Waals surface area contributed by atoms with Crippen LogP contribution in [0, 0.1) is 6.92 Å². The summed E-state index contributed by atoms with van der Waals surface area (Å²) < 4.78 is 33.3. The molecule has 0 radical (unpaired) electrons. The lowest BCUT2D eigenvalue weighted by Crippen LogP contribution is -2.48. The molecule has 0 amide bonds. The molecule has 2 fully saturated rings. The second-order valence-corrected chi connectivity index (χ2v) is 8.57. The van der Waals surface area contributed by atoms with Gasteiger partial charge in [0.2, 0.25) is 10.0 Å². The number of aromatic nitrogens is 1. The molecule has 1 aromatic heterocycles. The minimum atomic E-state index is -3.22. The van der Waals surface area contributed by atoms with Gasteiger partial charge in [0.05, 0.1) is 17.5 Å². The lowest BCUT2D eigenvalue weighted by molar-refractivity contribution is 0.197. The maximum Gasteiger partial charge on any atom is 0.215 e. The van der Waals surface area contributed by atoms with E-state index in [1.54, 1.807) is 0 Å². The highest BCUT2D eigenvalue weighted by Gasteiger charge is 2.33. The van der Waals surface area contributed by atoms with Gasteiger partial charge < -0.3 is 4.52 Å². The highest BCUT2D eigenvalue weighted by molar-refractivity contribution is 7.90. The van der Waals surface area contributed by atoms with Crippen molar-refractivity contribution in [3.05, 3.63) is 17.5 Å². The van der Waals surface area contributed by atoms with E-state index in [0.717, 1.165) is 56.5 Å². The summed E-state index contributed by atoms with van der Waals surface area (Å²) in [6.07, 6.45) is 5.88. The molecule has 0 unspecified atom stereocenters. The number of likely N-dealkylation sites (tertiary alicyclic amines) is 1. The Morgan fingerprint density at radius 2 is 2.09 bits per heavy atom. The minimum absolute atomic E-state index is 0.150. The van der Waals surface area contributed by atoms with Gasteiger partial charge in [-0.15, -0.1) is 0 Å². The van der Waals surface area contributed by atoms with E-state index in [1.807, 2.05) is 13.0 Å². The van der Waals surface area contributed by atoms with Gasteiger partial charge in [-0.1, -0.05) is 18.0 Å². The molecule has 0 bridgehead atoms. The van der Waals surface area contributed by atoms with E-state index in [9.17, 15) is 8.42 Å². The number of piperidine rings is 1. The first-order valence-electron chi connectivity index (χ1n) is 8.18. The Hall–Kier alpha value is -0.920. The van der Waals surface area contributed by atoms with E-state index < -0.39 is 10.0 Å². The van der Waals surface area contributed by atoms with Crippen molar-refractivity contribution >= 4 is 10.0 Å². The summed E-state index contributed by atoms with van der Waals surface area (Å²) in [6.45, 7) is 4.01. The summed E-state index contributed by atoms with van der Waals surface area (Å²) in [5, 5.41) is 3.57. The third-order valence-electron chi connectivity index (χ3n) is 4.64. The van der Waals surface area contributed by atoms with Crippen LogP contribution in [0.25, 0.3) is 0 Å². The van der Waals surface area contributed by atoms with Gasteiger partial charge >= 0.3 is 0 Å². The van der Waals surface area contributed by atoms with Crippen molar-refractivity contribution in [2.24, 2.45) is 0 Å². The van der Waals surface area contributed by atoms with Crippen molar-refractivity contribution < 1.29 is 12.9 Å². The van der Waals surface area contributed by atoms with Gasteiger partial charge in [0.1, 0.15) is 0 Å². The molecule has 1 N–H and O–H groups in total. The van der Waals surface area contributed by atoms with Gasteiger partial charge in [-0.25, -0.2) is 13.1 Å². The maximum atomic E-state index is 12.6. The average Bonchev–Trinajstić information content (AvgIpc) is 3.11. The second-order valence-electron chi connectivity index (χ2n) is 6.58. The summed E-state index contributed by atoms with van der Waals surface area (Å²) in [5.74, 6) is 0.805. The molecule has 1 aromatic rings. The second kappa shape index (κ2) is 6.68. The largest absolute Gasteiger partial charge is 0.360 e. The van der Waals surface area contributed by atoms with Crippen molar-refractivity contribution in [2.45, 2.75) is 63.3 Å². The van der Waals surface area contributed by atoms with Crippen LogP contribution in [0.5, 0.6) is 0 Å². The Kier molecular flexibility index (Phi) is 4.84. The number of hydrogen-bond donors (Lipinski definition) is 1. The Morgan fingerprint density at radius 3 is 2.77 bits per heavy atom. The number of rotatable bonds is 5. The molecule has 22 heavy (non-hydrogen) atoms. The minimum Gasteiger partial charge on any atom is -0.360 e.